The SMILES string of the molecule is O=C1c2ccccc2C(=O)C12C(c1cccc(Br)c1)C21C(=O)c2ccccc2C1=O. The van der Waals surface area contributed by atoms with Gasteiger partial charge in [-0.3, -0.25) is 19.2 Å². The van der Waals surface area contributed by atoms with Crippen LogP contribution in [0.1, 0.15) is 52.9 Å². The van der Waals surface area contributed by atoms with Crippen LogP contribution in [0.15, 0.2) is 77.3 Å². The molecule has 0 atom stereocenters. The van der Waals surface area contributed by atoms with Gasteiger partial charge in [-0.15, -0.1) is 0 Å². The molecule has 2 spiro atoms. The molecule has 0 unspecified atom stereocenters. The summed E-state index contributed by atoms with van der Waals surface area (Å²) in [5, 5.41) is 0. The van der Waals surface area contributed by atoms with E-state index < -0.39 is 39.9 Å². The van der Waals surface area contributed by atoms with Crippen LogP contribution in [0.3, 0.4) is 0 Å². The number of carbonyl (C=O) groups is 4. The minimum Gasteiger partial charge on any atom is -0.293 e. The van der Waals surface area contributed by atoms with Crippen LogP contribution in [0.25, 0.3) is 0 Å². The van der Waals surface area contributed by atoms with Crippen molar-refractivity contribution in [2.45, 2.75) is 5.92 Å². The molecule has 0 saturated heterocycles. The molecule has 0 amide bonds. The van der Waals surface area contributed by atoms with Gasteiger partial charge in [-0.1, -0.05) is 76.6 Å². The van der Waals surface area contributed by atoms with Crippen LogP contribution in [-0.4, -0.2) is 23.1 Å². The van der Waals surface area contributed by atoms with Gasteiger partial charge in [0.2, 0.25) is 0 Å². The van der Waals surface area contributed by atoms with Gasteiger partial charge in [0.05, 0.1) is 0 Å². The molecule has 6 rings (SSSR count). The topological polar surface area (TPSA) is 68.3 Å². The summed E-state index contributed by atoms with van der Waals surface area (Å²) in [6.45, 7) is 0. The molecule has 3 aliphatic rings. The van der Waals surface area contributed by atoms with Crippen molar-refractivity contribution in [1.82, 2.24) is 0 Å². The Hall–Kier alpha value is -3.18. The molecule has 0 bridgehead atoms. The highest BCUT2D eigenvalue weighted by atomic mass is 79.9. The van der Waals surface area contributed by atoms with Crippen LogP contribution in [0.2, 0.25) is 0 Å². The fraction of sp³-hybridized carbons (Fsp3) is 0.120. The van der Waals surface area contributed by atoms with E-state index in [4.69, 9.17) is 0 Å². The number of benzene rings is 3. The Morgan fingerprint density at radius 1 is 0.567 bits per heavy atom. The lowest BCUT2D eigenvalue weighted by molar-refractivity contribution is 0.0663. The first kappa shape index (κ1) is 17.7. The molecule has 0 radical (unpaired) electrons. The fourth-order valence-electron chi connectivity index (χ4n) is 5.72. The average Bonchev–Trinajstić information content (AvgIpc) is 3.29. The Kier molecular flexibility index (Phi) is 3.23. The number of hydrogen-bond acceptors (Lipinski definition) is 4. The lowest BCUT2D eigenvalue weighted by Crippen LogP contribution is -2.32. The normalized spacial score (nSPS) is 20.2. The monoisotopic (exact) mass is 456 g/mol. The summed E-state index contributed by atoms with van der Waals surface area (Å²) in [6, 6.07) is 20.4. The molecule has 3 aromatic carbocycles. The Balaban J connectivity index is 1.68. The summed E-state index contributed by atoms with van der Waals surface area (Å²) < 4.78 is 0.753. The maximum Gasteiger partial charge on any atom is 0.179 e. The molecular weight excluding hydrogens is 444 g/mol. The Labute approximate surface area is 180 Å². The van der Waals surface area contributed by atoms with E-state index in [1.807, 2.05) is 6.07 Å². The molecule has 3 aliphatic carbocycles. The third-order valence-corrected chi connectivity index (χ3v) is 7.35. The highest BCUT2D eigenvalue weighted by Crippen LogP contribution is 2.81. The predicted molar refractivity (Wildman–Crippen MR) is 112 cm³/mol. The van der Waals surface area contributed by atoms with E-state index in [0.29, 0.717) is 5.56 Å². The van der Waals surface area contributed by atoms with E-state index in [1.54, 1.807) is 66.7 Å². The van der Waals surface area contributed by atoms with Crippen molar-refractivity contribution < 1.29 is 19.2 Å². The van der Waals surface area contributed by atoms with Gasteiger partial charge in [0.25, 0.3) is 0 Å². The second-order valence-corrected chi connectivity index (χ2v) is 8.93. The largest absolute Gasteiger partial charge is 0.293 e. The number of Topliss-reactive ketones (excluding diaryl/α,β-unsaturated/α-hetero) is 4. The van der Waals surface area contributed by atoms with E-state index in [2.05, 4.69) is 15.9 Å². The van der Waals surface area contributed by atoms with E-state index in [9.17, 15) is 19.2 Å². The highest BCUT2D eigenvalue weighted by molar-refractivity contribution is 9.10. The predicted octanol–water partition coefficient (Wildman–Crippen LogP) is 4.68. The van der Waals surface area contributed by atoms with E-state index in [1.165, 1.54) is 0 Å². The Morgan fingerprint density at radius 2 is 0.967 bits per heavy atom. The van der Waals surface area contributed by atoms with Crippen LogP contribution in [-0.2, 0) is 0 Å². The minimum atomic E-state index is -1.72. The zero-order valence-corrected chi connectivity index (χ0v) is 17.1. The van der Waals surface area contributed by atoms with Gasteiger partial charge in [0.1, 0.15) is 10.8 Å². The summed E-state index contributed by atoms with van der Waals surface area (Å²) in [7, 11) is 0. The molecule has 1 saturated carbocycles. The van der Waals surface area contributed by atoms with E-state index >= 15 is 0 Å². The van der Waals surface area contributed by atoms with Crippen molar-refractivity contribution in [2.75, 3.05) is 0 Å². The molecule has 4 nitrogen and oxygen atoms in total. The van der Waals surface area contributed by atoms with Crippen molar-refractivity contribution in [3.8, 4) is 0 Å². The van der Waals surface area contributed by atoms with Gasteiger partial charge in [0.15, 0.2) is 23.1 Å². The molecule has 0 heterocycles. The maximum absolute atomic E-state index is 13.7. The molecule has 1 fully saturated rings. The smallest absolute Gasteiger partial charge is 0.179 e. The first-order valence-electron chi connectivity index (χ1n) is 9.60. The number of ketones is 4. The minimum absolute atomic E-state index is 0.288. The zero-order chi connectivity index (χ0) is 20.8. The van der Waals surface area contributed by atoms with Gasteiger partial charge < -0.3 is 0 Å². The molecule has 5 heteroatoms. The van der Waals surface area contributed by atoms with Crippen molar-refractivity contribution >= 4 is 39.1 Å². The van der Waals surface area contributed by atoms with Crippen LogP contribution in [0.5, 0.6) is 0 Å². The standard InChI is InChI=1S/C25H13BrO4/c26-14-7-5-6-13(12-14)19-24(20(27)15-8-1-2-9-16(15)21(24)28)25(19)22(29)17-10-3-4-11-18(17)23(25)30/h1-12,19H. The van der Waals surface area contributed by atoms with Crippen molar-refractivity contribution in [1.29, 1.82) is 0 Å². The number of halogens is 1. The Bertz CT molecular complexity index is 1200. The van der Waals surface area contributed by atoms with Gasteiger partial charge >= 0.3 is 0 Å². The molecule has 30 heavy (non-hydrogen) atoms. The second-order valence-electron chi connectivity index (χ2n) is 8.01. The van der Waals surface area contributed by atoms with Crippen LogP contribution >= 0.6 is 15.9 Å². The van der Waals surface area contributed by atoms with Crippen LogP contribution < -0.4 is 0 Å². The van der Waals surface area contributed by atoms with Gasteiger partial charge in [0, 0.05) is 32.6 Å². The third kappa shape index (κ3) is 1.67. The van der Waals surface area contributed by atoms with Crippen LogP contribution in [0.4, 0.5) is 0 Å². The number of carbonyl (C=O) groups excluding carboxylic acids is 4. The second kappa shape index (κ2) is 5.49. The molecule has 0 aromatic heterocycles. The van der Waals surface area contributed by atoms with Crippen molar-refractivity contribution in [2.24, 2.45) is 10.8 Å². The van der Waals surface area contributed by atoms with Crippen molar-refractivity contribution in [3.05, 3.63) is 105 Å². The number of hydrogen-bond donors (Lipinski definition) is 0. The lowest BCUT2D eigenvalue weighted by Gasteiger charge is -2.11. The molecule has 0 aliphatic heterocycles. The summed E-state index contributed by atoms with van der Waals surface area (Å²) in [4.78, 5) is 54.9. The van der Waals surface area contributed by atoms with E-state index in [0.717, 1.165) is 4.47 Å². The van der Waals surface area contributed by atoms with Gasteiger partial charge in [-0.25, -0.2) is 0 Å². The molecule has 144 valence electrons. The first-order valence-corrected chi connectivity index (χ1v) is 10.4. The van der Waals surface area contributed by atoms with E-state index in [-0.39, 0.29) is 22.3 Å². The lowest BCUT2D eigenvalue weighted by atomic mass is 9.84. The summed E-state index contributed by atoms with van der Waals surface area (Å²) in [6.07, 6.45) is 0. The summed E-state index contributed by atoms with van der Waals surface area (Å²) >= 11 is 3.43. The van der Waals surface area contributed by atoms with Crippen molar-refractivity contribution in [3.63, 3.8) is 0 Å². The van der Waals surface area contributed by atoms with Gasteiger partial charge in [-0.2, -0.15) is 0 Å². The molecular formula is C25H13BrO4. The van der Waals surface area contributed by atoms with Gasteiger partial charge in [-0.05, 0) is 17.7 Å². The fourth-order valence-corrected chi connectivity index (χ4v) is 6.13. The highest BCUT2D eigenvalue weighted by Gasteiger charge is 2.93. The first-order chi connectivity index (χ1) is 14.5. The summed E-state index contributed by atoms with van der Waals surface area (Å²) in [5.41, 5.74) is -1.65. The number of rotatable bonds is 1. The molecule has 3 aromatic rings. The zero-order valence-electron chi connectivity index (χ0n) is 15.5. The third-order valence-electron chi connectivity index (χ3n) is 6.85. The maximum atomic E-state index is 13.7. The quantitative estimate of drug-likeness (QED) is 0.498. The summed E-state index contributed by atoms with van der Waals surface area (Å²) in [5.74, 6) is -2.54. The number of fused-ring (bicyclic) bond motifs is 3. The van der Waals surface area contributed by atoms with Crippen LogP contribution in [0, 0.1) is 10.8 Å². The Morgan fingerprint density at radius 3 is 1.33 bits per heavy atom. The molecule has 0 N–H and O–H groups in total. The average molecular weight is 457 g/mol.